The van der Waals surface area contributed by atoms with Gasteiger partial charge in [0.05, 0.1) is 19.1 Å². The summed E-state index contributed by atoms with van der Waals surface area (Å²) in [6.45, 7) is 3.38. The van der Waals surface area contributed by atoms with Crippen molar-refractivity contribution in [1.82, 2.24) is 14.9 Å². The number of alkyl halides is 3. The molecule has 1 saturated heterocycles. The van der Waals surface area contributed by atoms with Gasteiger partial charge in [0.25, 0.3) is 0 Å². The first-order valence-corrected chi connectivity index (χ1v) is 16.0. The number of ether oxygens (including phenoxy) is 2. The minimum atomic E-state index is -5.08. The lowest BCUT2D eigenvalue weighted by molar-refractivity contribution is -0.192. The Balaban J connectivity index is 0.000000707. The van der Waals surface area contributed by atoms with Crippen molar-refractivity contribution in [3.8, 4) is 11.5 Å². The number of amides is 2. The number of urea groups is 1. The average molecular weight is 659 g/mol. The number of methoxy groups -OCH3 is 2. The lowest BCUT2D eigenvalue weighted by Crippen LogP contribution is -2.52. The molecule has 2 amide bonds. The van der Waals surface area contributed by atoms with Crippen molar-refractivity contribution in [1.29, 1.82) is 0 Å². The molecule has 1 heterocycles. The number of nitrogens with zero attached hydrogens (tertiary/aromatic N) is 1. The molecular weight excluding hydrogens is 617 g/mol. The standard InChI is InChI=1S/C28H40N4O5S.C2HF3O2/c1-5-6-15-29-38(34,35)23-9-7-8-21(18-23)30-27(33)31-22-12-13-28(14-16-32(2)26(28)19-22)20-10-11-24(36-3)25(17-20)37-4;3-2(4,5)1(6)7/h7-11,17-18,22,26,29H,5-6,12-16,19H2,1-4H3,(H2,30,31,33);(H,6,7)/t22-,26+,28+;/m1./s1. The number of carbonyl (C=O) groups is 2. The Hall–Kier alpha value is -3.56. The number of benzene rings is 2. The lowest BCUT2D eigenvalue weighted by Gasteiger charge is -2.45. The van der Waals surface area contributed by atoms with Gasteiger partial charge in [-0.3, -0.25) is 0 Å². The number of sulfonamides is 1. The van der Waals surface area contributed by atoms with E-state index in [2.05, 4.69) is 39.4 Å². The fourth-order valence-corrected chi connectivity index (χ4v) is 7.07. The maximum absolute atomic E-state index is 12.9. The molecule has 250 valence electrons. The number of nitrogens with one attached hydrogen (secondary N) is 3. The highest BCUT2D eigenvalue weighted by molar-refractivity contribution is 7.89. The third kappa shape index (κ3) is 9.01. The van der Waals surface area contributed by atoms with E-state index in [-0.39, 0.29) is 28.4 Å². The third-order valence-electron chi connectivity index (χ3n) is 8.29. The second kappa shape index (κ2) is 15.1. The maximum atomic E-state index is 12.9. The molecule has 0 bridgehead atoms. The quantitative estimate of drug-likeness (QED) is 0.268. The van der Waals surface area contributed by atoms with E-state index in [1.165, 1.54) is 17.7 Å². The van der Waals surface area contributed by atoms with Gasteiger partial charge in [-0.05, 0) is 81.6 Å². The van der Waals surface area contributed by atoms with Crippen molar-refractivity contribution in [2.24, 2.45) is 0 Å². The number of carboxylic acids is 1. The van der Waals surface area contributed by atoms with Crippen molar-refractivity contribution >= 4 is 27.7 Å². The minimum Gasteiger partial charge on any atom is -0.493 e. The van der Waals surface area contributed by atoms with Crippen LogP contribution in [0.3, 0.4) is 0 Å². The average Bonchev–Trinajstić information content (AvgIpc) is 3.33. The molecule has 4 N–H and O–H groups in total. The van der Waals surface area contributed by atoms with Gasteiger partial charge in [0.1, 0.15) is 0 Å². The van der Waals surface area contributed by atoms with E-state index >= 15 is 0 Å². The molecular formula is C30H41F3N4O7S. The van der Waals surface area contributed by atoms with Crippen LogP contribution in [0.15, 0.2) is 47.4 Å². The zero-order valence-corrected chi connectivity index (χ0v) is 26.6. The third-order valence-corrected chi connectivity index (χ3v) is 9.75. The summed E-state index contributed by atoms with van der Waals surface area (Å²) in [6.07, 6.45) is 0.258. The van der Waals surface area contributed by atoms with Crippen LogP contribution >= 0.6 is 0 Å². The lowest BCUT2D eigenvalue weighted by atomic mass is 9.65. The first-order valence-electron chi connectivity index (χ1n) is 14.6. The smallest absolute Gasteiger partial charge is 0.490 e. The number of halogens is 3. The van der Waals surface area contributed by atoms with Gasteiger partial charge in [0.2, 0.25) is 10.0 Å². The Kier molecular flexibility index (Phi) is 12.1. The van der Waals surface area contributed by atoms with Crippen molar-refractivity contribution < 1.29 is 45.8 Å². The van der Waals surface area contributed by atoms with E-state index in [1.54, 1.807) is 26.4 Å². The zero-order chi connectivity index (χ0) is 33.4. The predicted octanol–water partition coefficient (Wildman–Crippen LogP) is 4.73. The summed E-state index contributed by atoms with van der Waals surface area (Å²) in [5.41, 5.74) is 1.68. The number of hydrogen-bond donors (Lipinski definition) is 4. The summed E-state index contributed by atoms with van der Waals surface area (Å²) in [6, 6.07) is 12.5. The van der Waals surface area contributed by atoms with Crippen LogP contribution in [0, 0.1) is 0 Å². The van der Waals surface area contributed by atoms with Crippen LogP contribution in [0.25, 0.3) is 0 Å². The number of carboxylic acid groups (broad SMARTS) is 1. The highest BCUT2D eigenvalue weighted by atomic mass is 32.2. The highest BCUT2D eigenvalue weighted by Gasteiger charge is 2.50. The minimum absolute atomic E-state index is 0.00355. The van der Waals surface area contributed by atoms with Crippen LogP contribution in [0.1, 0.15) is 51.0 Å². The van der Waals surface area contributed by atoms with Gasteiger partial charge in [0, 0.05) is 29.7 Å². The van der Waals surface area contributed by atoms with Crippen LogP contribution < -0.4 is 24.8 Å². The number of anilines is 1. The number of aliphatic carboxylic acids is 1. The summed E-state index contributed by atoms with van der Waals surface area (Å²) < 4.78 is 70.5. The number of rotatable bonds is 10. The zero-order valence-electron chi connectivity index (χ0n) is 25.7. The normalized spacial score (nSPS) is 21.6. The Bertz CT molecular complexity index is 1440. The maximum Gasteiger partial charge on any atom is 0.490 e. The van der Waals surface area contributed by atoms with Crippen LogP contribution in [-0.4, -0.2) is 83.0 Å². The van der Waals surface area contributed by atoms with Gasteiger partial charge in [-0.15, -0.1) is 0 Å². The van der Waals surface area contributed by atoms with Gasteiger partial charge in [0.15, 0.2) is 11.5 Å². The molecule has 1 aliphatic carbocycles. The second-order valence-corrected chi connectivity index (χ2v) is 12.9. The van der Waals surface area contributed by atoms with E-state index < -0.39 is 22.2 Å². The molecule has 2 aromatic rings. The van der Waals surface area contributed by atoms with E-state index in [9.17, 15) is 26.4 Å². The SMILES string of the molecule is CCCCNS(=O)(=O)c1cccc(NC(=O)N[C@@H]2CC[C@@]3(c4ccc(OC)c(OC)c4)CCN(C)[C@H]3C2)c1.O=C(O)C(F)(F)F. The fourth-order valence-electron chi connectivity index (χ4n) is 5.95. The molecule has 2 aromatic carbocycles. The topological polar surface area (TPSA) is 146 Å². The Morgan fingerprint density at radius 2 is 1.78 bits per heavy atom. The van der Waals surface area contributed by atoms with Gasteiger partial charge in [-0.1, -0.05) is 25.5 Å². The molecule has 4 rings (SSSR count). The Morgan fingerprint density at radius 1 is 1.09 bits per heavy atom. The van der Waals surface area contributed by atoms with Gasteiger partial charge in [-0.2, -0.15) is 13.2 Å². The molecule has 1 saturated carbocycles. The summed E-state index contributed by atoms with van der Waals surface area (Å²) in [5, 5.41) is 13.1. The van der Waals surface area contributed by atoms with E-state index in [0.717, 1.165) is 56.6 Å². The summed E-state index contributed by atoms with van der Waals surface area (Å²) in [5.74, 6) is -1.30. The predicted molar refractivity (Wildman–Crippen MR) is 162 cm³/mol. The number of likely N-dealkylation sites (N-methyl/N-ethyl adjacent to an activating group) is 1. The number of unbranched alkanes of at least 4 members (excludes halogenated alkanes) is 1. The van der Waals surface area contributed by atoms with Gasteiger partial charge in [-0.25, -0.2) is 22.7 Å². The van der Waals surface area contributed by atoms with Crippen LogP contribution in [-0.2, 0) is 20.2 Å². The number of carbonyl (C=O) groups excluding carboxylic acids is 1. The molecule has 15 heteroatoms. The van der Waals surface area contributed by atoms with E-state index in [1.807, 2.05) is 13.0 Å². The monoisotopic (exact) mass is 658 g/mol. The number of hydrogen-bond acceptors (Lipinski definition) is 7. The number of likely N-dealkylation sites (tertiary alicyclic amines) is 1. The van der Waals surface area contributed by atoms with E-state index in [0.29, 0.717) is 12.2 Å². The molecule has 11 nitrogen and oxygen atoms in total. The molecule has 0 aromatic heterocycles. The van der Waals surface area contributed by atoms with E-state index in [4.69, 9.17) is 19.4 Å². The van der Waals surface area contributed by atoms with Crippen LogP contribution in [0.2, 0.25) is 0 Å². The van der Waals surface area contributed by atoms with Gasteiger partial charge >= 0.3 is 18.2 Å². The molecule has 0 spiro atoms. The Morgan fingerprint density at radius 3 is 2.40 bits per heavy atom. The molecule has 45 heavy (non-hydrogen) atoms. The number of fused-ring (bicyclic) bond motifs is 1. The molecule has 2 aliphatic rings. The van der Waals surface area contributed by atoms with Crippen LogP contribution in [0.4, 0.5) is 23.7 Å². The largest absolute Gasteiger partial charge is 0.493 e. The highest BCUT2D eigenvalue weighted by Crippen LogP contribution is 2.49. The first kappa shape index (κ1) is 35.9. The Labute approximate surface area is 261 Å². The summed E-state index contributed by atoms with van der Waals surface area (Å²) >= 11 is 0. The van der Waals surface area contributed by atoms with Crippen LogP contribution in [0.5, 0.6) is 11.5 Å². The fraction of sp³-hybridized carbons (Fsp3) is 0.533. The summed E-state index contributed by atoms with van der Waals surface area (Å²) in [4.78, 5) is 24.3. The van der Waals surface area contributed by atoms with Crippen molar-refractivity contribution in [3.63, 3.8) is 0 Å². The molecule has 1 aliphatic heterocycles. The molecule has 2 fully saturated rings. The van der Waals surface area contributed by atoms with Crippen molar-refractivity contribution in [3.05, 3.63) is 48.0 Å². The van der Waals surface area contributed by atoms with Crippen molar-refractivity contribution in [2.45, 2.75) is 74.0 Å². The van der Waals surface area contributed by atoms with Crippen molar-refractivity contribution in [2.75, 3.05) is 39.7 Å². The summed E-state index contributed by atoms with van der Waals surface area (Å²) in [7, 11) is 1.83. The molecule has 3 atom stereocenters. The first-order chi connectivity index (χ1) is 21.2. The molecule has 0 radical (unpaired) electrons. The van der Waals surface area contributed by atoms with Gasteiger partial charge < -0.3 is 30.1 Å². The second-order valence-electron chi connectivity index (χ2n) is 11.1. The molecule has 0 unspecified atom stereocenters.